The zero-order valence-corrected chi connectivity index (χ0v) is 10.3. The minimum absolute atomic E-state index is 0.183. The Kier molecular flexibility index (Phi) is 2.67. The van der Waals surface area contributed by atoms with Gasteiger partial charge in [-0.15, -0.1) is 0 Å². The molecule has 3 aromatic rings. The topological polar surface area (TPSA) is 100 Å². The minimum atomic E-state index is 0.183. The van der Waals surface area contributed by atoms with Crippen molar-refractivity contribution in [2.45, 2.75) is 6.42 Å². The van der Waals surface area contributed by atoms with E-state index in [0.29, 0.717) is 18.2 Å². The van der Waals surface area contributed by atoms with E-state index in [4.69, 9.17) is 5.73 Å². The largest absolute Gasteiger partial charge is 0.368 e. The Morgan fingerprint density at radius 1 is 1.16 bits per heavy atom. The summed E-state index contributed by atoms with van der Waals surface area (Å²) in [6.45, 7) is 0. The molecule has 3 rings (SSSR count). The van der Waals surface area contributed by atoms with Crippen molar-refractivity contribution in [2.75, 3.05) is 5.73 Å². The van der Waals surface area contributed by atoms with Crippen LogP contribution in [-0.2, 0) is 13.5 Å². The van der Waals surface area contributed by atoms with Gasteiger partial charge in [0.15, 0.2) is 0 Å². The number of hydrogen-bond acceptors (Lipinski definition) is 6. The summed E-state index contributed by atoms with van der Waals surface area (Å²) in [5.74, 6) is 2.07. The summed E-state index contributed by atoms with van der Waals surface area (Å²) in [7, 11) is 1.92. The molecule has 0 spiro atoms. The molecule has 19 heavy (non-hydrogen) atoms. The van der Waals surface area contributed by atoms with E-state index >= 15 is 0 Å². The molecule has 0 aliphatic rings. The smallest absolute Gasteiger partial charge is 0.239 e. The first-order chi connectivity index (χ1) is 9.22. The van der Waals surface area contributed by atoms with E-state index in [1.165, 1.54) is 0 Å². The molecule has 0 saturated carbocycles. The predicted molar refractivity (Wildman–Crippen MR) is 67.4 cm³/mol. The standard InChI is InChI=1S/C11H12N8/c1-18-4-3-14-9(18)6-8-15-10(12)17-11(16-8)19-5-2-13-7-19/h2-5,7H,6H2,1H3,(H2,12,15,16,17). The van der Waals surface area contributed by atoms with Crippen molar-refractivity contribution in [3.05, 3.63) is 42.8 Å². The van der Waals surface area contributed by atoms with Crippen LogP contribution in [0.1, 0.15) is 11.6 Å². The van der Waals surface area contributed by atoms with Gasteiger partial charge in [-0.05, 0) is 0 Å². The van der Waals surface area contributed by atoms with Crippen molar-refractivity contribution < 1.29 is 0 Å². The fourth-order valence-electron chi connectivity index (χ4n) is 1.71. The van der Waals surface area contributed by atoms with Gasteiger partial charge >= 0.3 is 0 Å². The summed E-state index contributed by atoms with van der Waals surface area (Å²) in [6.07, 6.45) is 9.11. The van der Waals surface area contributed by atoms with Gasteiger partial charge in [-0.3, -0.25) is 4.57 Å². The second kappa shape index (κ2) is 4.48. The van der Waals surface area contributed by atoms with Gasteiger partial charge in [-0.2, -0.15) is 15.0 Å². The molecule has 0 unspecified atom stereocenters. The average Bonchev–Trinajstić information content (AvgIpc) is 3.01. The summed E-state index contributed by atoms with van der Waals surface area (Å²) in [6, 6.07) is 0. The van der Waals surface area contributed by atoms with Crippen LogP contribution < -0.4 is 5.73 Å². The lowest BCUT2D eigenvalue weighted by Crippen LogP contribution is -2.10. The number of aryl methyl sites for hydroxylation is 1. The molecule has 2 N–H and O–H groups in total. The fraction of sp³-hybridized carbons (Fsp3) is 0.182. The summed E-state index contributed by atoms with van der Waals surface area (Å²) in [5.41, 5.74) is 5.71. The van der Waals surface area contributed by atoms with Gasteiger partial charge in [0.05, 0.1) is 6.42 Å². The molecule has 0 saturated heterocycles. The Hall–Kier alpha value is -2.77. The number of nitrogens with two attached hydrogens (primary N) is 1. The van der Waals surface area contributed by atoms with Crippen LogP contribution in [0.3, 0.4) is 0 Å². The van der Waals surface area contributed by atoms with E-state index in [9.17, 15) is 0 Å². The van der Waals surface area contributed by atoms with Crippen LogP contribution >= 0.6 is 0 Å². The number of imidazole rings is 2. The van der Waals surface area contributed by atoms with E-state index in [0.717, 1.165) is 5.82 Å². The normalized spacial score (nSPS) is 10.8. The monoisotopic (exact) mass is 256 g/mol. The molecule has 0 aromatic carbocycles. The van der Waals surface area contributed by atoms with Crippen molar-refractivity contribution >= 4 is 5.95 Å². The molecule has 0 bridgehead atoms. The highest BCUT2D eigenvalue weighted by molar-refractivity contribution is 5.24. The van der Waals surface area contributed by atoms with Crippen molar-refractivity contribution in [3.63, 3.8) is 0 Å². The van der Waals surface area contributed by atoms with Gasteiger partial charge in [0.1, 0.15) is 18.0 Å². The molecular formula is C11H12N8. The second-order valence-corrected chi connectivity index (χ2v) is 4.01. The number of hydrogen-bond donors (Lipinski definition) is 1. The third kappa shape index (κ3) is 2.28. The lowest BCUT2D eigenvalue weighted by atomic mass is 10.4. The molecule has 3 heterocycles. The van der Waals surface area contributed by atoms with Gasteiger partial charge < -0.3 is 10.3 Å². The maximum Gasteiger partial charge on any atom is 0.239 e. The highest BCUT2D eigenvalue weighted by Crippen LogP contribution is 2.07. The van der Waals surface area contributed by atoms with E-state index in [1.807, 2.05) is 17.8 Å². The molecule has 8 nitrogen and oxygen atoms in total. The van der Waals surface area contributed by atoms with Crippen LogP contribution in [-0.4, -0.2) is 34.1 Å². The molecule has 0 atom stereocenters. The molecule has 0 aliphatic carbocycles. The first-order valence-electron chi connectivity index (χ1n) is 5.67. The molecule has 0 radical (unpaired) electrons. The quantitative estimate of drug-likeness (QED) is 0.706. The molecular weight excluding hydrogens is 244 g/mol. The number of rotatable bonds is 3. The molecule has 0 amide bonds. The van der Waals surface area contributed by atoms with Crippen molar-refractivity contribution in [1.29, 1.82) is 0 Å². The van der Waals surface area contributed by atoms with Gasteiger partial charge in [-0.1, -0.05) is 0 Å². The van der Waals surface area contributed by atoms with Crippen molar-refractivity contribution in [2.24, 2.45) is 7.05 Å². The van der Waals surface area contributed by atoms with E-state index in [-0.39, 0.29) is 5.95 Å². The second-order valence-electron chi connectivity index (χ2n) is 4.01. The molecule has 96 valence electrons. The fourth-order valence-corrected chi connectivity index (χ4v) is 1.71. The molecule has 3 aromatic heterocycles. The third-order valence-electron chi connectivity index (χ3n) is 2.66. The van der Waals surface area contributed by atoms with Gasteiger partial charge in [0.25, 0.3) is 0 Å². The van der Waals surface area contributed by atoms with Crippen molar-refractivity contribution in [1.82, 2.24) is 34.1 Å². The number of nitrogens with zero attached hydrogens (tertiary/aromatic N) is 7. The zero-order chi connectivity index (χ0) is 13.2. The summed E-state index contributed by atoms with van der Waals surface area (Å²) >= 11 is 0. The van der Waals surface area contributed by atoms with Gasteiger partial charge in [-0.25, -0.2) is 9.97 Å². The Balaban J connectivity index is 1.96. The lowest BCUT2D eigenvalue weighted by molar-refractivity contribution is 0.777. The highest BCUT2D eigenvalue weighted by Gasteiger charge is 2.09. The number of aromatic nitrogens is 7. The molecule has 8 heteroatoms. The maximum absolute atomic E-state index is 5.71. The highest BCUT2D eigenvalue weighted by atomic mass is 15.2. The maximum atomic E-state index is 5.71. The van der Waals surface area contributed by atoms with Crippen LogP contribution in [0.15, 0.2) is 31.1 Å². The van der Waals surface area contributed by atoms with Crippen LogP contribution in [0.4, 0.5) is 5.95 Å². The number of nitrogen functional groups attached to an aromatic ring is 1. The van der Waals surface area contributed by atoms with Crippen LogP contribution in [0.2, 0.25) is 0 Å². The third-order valence-corrected chi connectivity index (χ3v) is 2.66. The Morgan fingerprint density at radius 2 is 2.05 bits per heavy atom. The first kappa shape index (κ1) is 11.3. The van der Waals surface area contributed by atoms with Gasteiger partial charge in [0.2, 0.25) is 11.9 Å². The summed E-state index contributed by atoms with van der Waals surface area (Å²) < 4.78 is 3.59. The summed E-state index contributed by atoms with van der Waals surface area (Å²) in [4.78, 5) is 20.8. The SMILES string of the molecule is Cn1ccnc1Cc1nc(N)nc(-n2ccnc2)n1. The Labute approximate surface area is 109 Å². The predicted octanol–water partition coefficient (Wildman–Crippen LogP) is -0.0362. The van der Waals surface area contributed by atoms with Crippen LogP contribution in [0, 0.1) is 0 Å². The van der Waals surface area contributed by atoms with E-state index < -0.39 is 0 Å². The van der Waals surface area contributed by atoms with E-state index in [1.54, 1.807) is 29.5 Å². The Morgan fingerprint density at radius 3 is 2.74 bits per heavy atom. The first-order valence-corrected chi connectivity index (χ1v) is 5.67. The molecule has 0 fully saturated rings. The molecule has 0 aliphatic heterocycles. The number of anilines is 1. The Bertz CT molecular complexity index is 685. The average molecular weight is 256 g/mol. The zero-order valence-electron chi connectivity index (χ0n) is 10.3. The van der Waals surface area contributed by atoms with E-state index in [2.05, 4.69) is 24.9 Å². The van der Waals surface area contributed by atoms with Crippen molar-refractivity contribution in [3.8, 4) is 5.95 Å². The minimum Gasteiger partial charge on any atom is -0.368 e. The van der Waals surface area contributed by atoms with Crippen LogP contribution in [0.25, 0.3) is 5.95 Å². The lowest BCUT2D eigenvalue weighted by Gasteiger charge is -2.05. The summed E-state index contributed by atoms with van der Waals surface area (Å²) in [5, 5.41) is 0. The van der Waals surface area contributed by atoms with Crippen LogP contribution in [0.5, 0.6) is 0 Å². The van der Waals surface area contributed by atoms with Gasteiger partial charge in [0, 0.05) is 31.8 Å².